The van der Waals surface area contributed by atoms with E-state index < -0.39 is 10.0 Å². The normalized spacial score (nSPS) is 15.4. The molecule has 2 aliphatic heterocycles. The number of thioether (sulfide) groups is 1. The van der Waals surface area contributed by atoms with E-state index in [9.17, 15) is 18.0 Å². The van der Waals surface area contributed by atoms with Crippen molar-refractivity contribution >= 4 is 39.3 Å². The Morgan fingerprint density at radius 1 is 0.935 bits per heavy atom. The molecule has 0 bridgehead atoms. The minimum atomic E-state index is -3.66. The van der Waals surface area contributed by atoms with E-state index in [1.807, 2.05) is 59.7 Å². The smallest absolute Gasteiger partial charge is 0.251 e. The summed E-state index contributed by atoms with van der Waals surface area (Å²) >= 11 is 1.32. The molecule has 3 aromatic carbocycles. The molecule has 1 aromatic heterocycles. The van der Waals surface area contributed by atoms with Crippen molar-refractivity contribution in [1.29, 1.82) is 0 Å². The van der Waals surface area contributed by atoms with Gasteiger partial charge < -0.3 is 15.0 Å². The molecule has 1 N–H and O–H groups in total. The largest absolute Gasteiger partial charge is 0.379 e. The average Bonchev–Trinajstić information content (AvgIpc) is 3.49. The van der Waals surface area contributed by atoms with Crippen LogP contribution in [-0.2, 0) is 32.5 Å². The maximum atomic E-state index is 13.4. The monoisotopic (exact) mass is 660 g/mol. The van der Waals surface area contributed by atoms with Crippen LogP contribution in [0, 0.1) is 13.8 Å². The Labute approximate surface area is 273 Å². The molecular weight excluding hydrogens is 625 g/mol. The number of nitrogens with one attached hydrogen (secondary N) is 1. The second-order valence-corrected chi connectivity index (χ2v) is 14.2. The third kappa shape index (κ3) is 6.73. The van der Waals surface area contributed by atoms with Crippen LogP contribution in [-0.4, -0.2) is 77.9 Å². The number of morpholine rings is 1. The van der Waals surface area contributed by atoms with Crippen LogP contribution in [0.25, 0.3) is 5.69 Å². The first kappa shape index (κ1) is 31.9. The molecule has 1 fully saturated rings. The lowest BCUT2D eigenvalue weighted by Crippen LogP contribution is -2.40. The van der Waals surface area contributed by atoms with Gasteiger partial charge in [0.15, 0.2) is 11.0 Å². The number of sulfonamides is 1. The zero-order valence-corrected chi connectivity index (χ0v) is 27.4. The number of nitrogens with zero attached hydrogens (tertiary/aromatic N) is 5. The Morgan fingerprint density at radius 2 is 1.70 bits per heavy atom. The Kier molecular flexibility index (Phi) is 9.54. The molecule has 4 aromatic rings. The standard InChI is InChI=1S/C33H36N6O5S2/c1-23-9-10-24(2)29(20-23)39-30(35-36-33(39)45-22-31(40)38-15-5-7-25-6-3-4-8-28(25)38)21-34-32(41)26-11-13-27(14-12-26)46(42,43)37-16-18-44-19-17-37/h3-4,6,8-14,20H,5,7,15-19,21-22H2,1-2H3,(H,34,41). The Bertz CT molecular complexity index is 1850. The third-order valence-electron chi connectivity index (χ3n) is 8.17. The molecule has 0 saturated carbocycles. The van der Waals surface area contributed by atoms with Crippen molar-refractivity contribution in [2.45, 2.75) is 43.3 Å². The number of carbonyl (C=O) groups excluding carboxylic acids is 2. The fourth-order valence-corrected chi connectivity index (χ4v) is 7.93. The number of rotatable bonds is 9. The van der Waals surface area contributed by atoms with Crippen molar-refractivity contribution in [3.8, 4) is 5.69 Å². The number of benzene rings is 3. The lowest BCUT2D eigenvalue weighted by molar-refractivity contribution is -0.116. The summed E-state index contributed by atoms with van der Waals surface area (Å²) in [6.07, 6.45) is 1.88. The lowest BCUT2D eigenvalue weighted by Gasteiger charge is -2.29. The molecule has 240 valence electrons. The number of ether oxygens (including phenoxy) is 1. The molecule has 11 nitrogen and oxygen atoms in total. The van der Waals surface area contributed by atoms with Crippen LogP contribution in [0.3, 0.4) is 0 Å². The fourth-order valence-electron chi connectivity index (χ4n) is 5.68. The van der Waals surface area contributed by atoms with Gasteiger partial charge >= 0.3 is 0 Å². The molecule has 0 unspecified atom stereocenters. The van der Waals surface area contributed by atoms with E-state index in [4.69, 9.17) is 4.74 Å². The summed E-state index contributed by atoms with van der Waals surface area (Å²) in [5.74, 6) is 0.316. The number of hydrogen-bond acceptors (Lipinski definition) is 8. The summed E-state index contributed by atoms with van der Waals surface area (Å²) in [5.41, 5.74) is 5.37. The fraction of sp³-hybridized carbons (Fsp3) is 0.333. The highest BCUT2D eigenvalue weighted by Gasteiger charge is 2.27. The van der Waals surface area contributed by atoms with Gasteiger partial charge in [0.1, 0.15) is 0 Å². The van der Waals surface area contributed by atoms with Crippen LogP contribution in [0.15, 0.2) is 76.8 Å². The van der Waals surface area contributed by atoms with Crippen molar-refractivity contribution < 1.29 is 22.7 Å². The van der Waals surface area contributed by atoms with Gasteiger partial charge in [-0.2, -0.15) is 4.31 Å². The SMILES string of the molecule is Cc1ccc(C)c(-n2c(CNC(=O)c3ccc(S(=O)(=O)N4CCOCC4)cc3)nnc2SCC(=O)N2CCCc3ccccc32)c1. The van der Waals surface area contributed by atoms with Crippen LogP contribution >= 0.6 is 11.8 Å². The number of carbonyl (C=O) groups is 2. The number of aromatic nitrogens is 3. The van der Waals surface area contributed by atoms with Gasteiger partial charge in [0.25, 0.3) is 5.91 Å². The molecule has 6 rings (SSSR count). The van der Waals surface area contributed by atoms with Crippen LogP contribution in [0.5, 0.6) is 0 Å². The molecule has 2 aliphatic rings. The first-order valence-corrected chi connectivity index (χ1v) is 17.6. The van der Waals surface area contributed by atoms with E-state index in [1.54, 1.807) is 0 Å². The van der Waals surface area contributed by atoms with Crippen LogP contribution in [0.4, 0.5) is 5.69 Å². The van der Waals surface area contributed by atoms with Gasteiger partial charge in [-0.1, -0.05) is 42.1 Å². The molecule has 46 heavy (non-hydrogen) atoms. The Morgan fingerprint density at radius 3 is 2.48 bits per heavy atom. The summed E-state index contributed by atoms with van der Waals surface area (Å²) in [4.78, 5) is 28.5. The van der Waals surface area contributed by atoms with Gasteiger partial charge in [-0.15, -0.1) is 10.2 Å². The minimum absolute atomic E-state index is 0.00148. The molecule has 1 saturated heterocycles. The number of fused-ring (bicyclic) bond motifs is 1. The van der Waals surface area contributed by atoms with Gasteiger partial charge in [0.05, 0.1) is 36.1 Å². The van der Waals surface area contributed by atoms with Crippen LogP contribution < -0.4 is 10.2 Å². The van der Waals surface area contributed by atoms with Gasteiger partial charge in [-0.05, 0) is 79.8 Å². The van der Waals surface area contributed by atoms with Crippen molar-refractivity contribution in [3.05, 3.63) is 94.8 Å². The van der Waals surface area contributed by atoms with Gasteiger partial charge in [-0.3, -0.25) is 14.2 Å². The minimum Gasteiger partial charge on any atom is -0.379 e. The zero-order chi connectivity index (χ0) is 32.3. The van der Waals surface area contributed by atoms with E-state index in [2.05, 4.69) is 21.6 Å². The summed E-state index contributed by atoms with van der Waals surface area (Å²) in [5, 5.41) is 12.3. The van der Waals surface area contributed by atoms with E-state index in [0.717, 1.165) is 35.3 Å². The second-order valence-electron chi connectivity index (χ2n) is 11.3. The Hall–Kier alpha value is -4.04. The van der Waals surface area contributed by atoms with E-state index in [0.29, 0.717) is 49.4 Å². The molecule has 0 spiro atoms. The van der Waals surface area contributed by atoms with Crippen LogP contribution in [0.2, 0.25) is 0 Å². The summed E-state index contributed by atoms with van der Waals surface area (Å²) < 4.78 is 34.5. The molecule has 3 heterocycles. The highest BCUT2D eigenvalue weighted by atomic mass is 32.2. The van der Waals surface area contributed by atoms with Crippen molar-refractivity contribution in [1.82, 2.24) is 24.4 Å². The topological polar surface area (TPSA) is 127 Å². The van der Waals surface area contributed by atoms with Crippen molar-refractivity contribution in [2.24, 2.45) is 0 Å². The molecule has 0 aliphatic carbocycles. The predicted molar refractivity (Wildman–Crippen MR) is 176 cm³/mol. The van der Waals surface area contributed by atoms with E-state index >= 15 is 0 Å². The van der Waals surface area contributed by atoms with E-state index in [-0.39, 0.29) is 29.0 Å². The summed E-state index contributed by atoms with van der Waals surface area (Å²) in [6, 6.07) is 20.0. The summed E-state index contributed by atoms with van der Waals surface area (Å²) in [7, 11) is -3.66. The first-order chi connectivity index (χ1) is 22.2. The van der Waals surface area contributed by atoms with Crippen molar-refractivity contribution in [3.63, 3.8) is 0 Å². The van der Waals surface area contributed by atoms with Gasteiger partial charge in [0.2, 0.25) is 15.9 Å². The number of anilines is 1. The molecule has 2 amide bonds. The zero-order valence-electron chi connectivity index (χ0n) is 25.8. The average molecular weight is 661 g/mol. The number of aryl methyl sites for hydroxylation is 3. The number of hydrogen-bond donors (Lipinski definition) is 1. The number of amides is 2. The maximum absolute atomic E-state index is 13.4. The van der Waals surface area contributed by atoms with Crippen LogP contribution in [0.1, 0.15) is 39.3 Å². The molecule has 13 heteroatoms. The molecular formula is C33H36N6O5S2. The van der Waals surface area contributed by atoms with Gasteiger partial charge in [-0.25, -0.2) is 8.42 Å². The summed E-state index contributed by atoms with van der Waals surface area (Å²) in [6.45, 7) is 6.05. The van der Waals surface area contributed by atoms with E-state index in [1.165, 1.54) is 45.9 Å². The second kappa shape index (κ2) is 13.8. The highest BCUT2D eigenvalue weighted by Crippen LogP contribution is 2.30. The quantitative estimate of drug-likeness (QED) is 0.268. The number of para-hydroxylation sites is 1. The predicted octanol–water partition coefficient (Wildman–Crippen LogP) is 3.91. The Balaban J connectivity index is 1.18. The highest BCUT2D eigenvalue weighted by molar-refractivity contribution is 7.99. The third-order valence-corrected chi connectivity index (χ3v) is 11.0. The molecule has 0 atom stereocenters. The molecule has 0 radical (unpaired) electrons. The van der Waals surface area contributed by atoms with Crippen molar-refractivity contribution in [2.75, 3.05) is 43.5 Å². The maximum Gasteiger partial charge on any atom is 0.251 e. The first-order valence-electron chi connectivity index (χ1n) is 15.2. The van der Waals surface area contributed by atoms with Gasteiger partial charge in [0, 0.05) is 30.9 Å². The lowest BCUT2D eigenvalue weighted by atomic mass is 10.0.